The fourth-order valence-corrected chi connectivity index (χ4v) is 3.00. The second kappa shape index (κ2) is 7.10. The molecule has 0 aromatic heterocycles. The van der Waals surface area contributed by atoms with Gasteiger partial charge in [0.2, 0.25) is 0 Å². The van der Waals surface area contributed by atoms with E-state index in [-0.39, 0.29) is 6.04 Å². The van der Waals surface area contributed by atoms with E-state index in [1.54, 1.807) is 0 Å². The number of rotatable bonds is 5. The molecule has 0 aliphatic rings. The molecule has 2 rings (SSSR count). The molecule has 0 amide bonds. The van der Waals surface area contributed by atoms with E-state index in [9.17, 15) is 0 Å². The number of nitrogens with zero attached hydrogens (tertiary/aromatic N) is 1. The molecule has 2 aromatic rings. The number of anilines is 2. The third kappa shape index (κ3) is 4.08. The zero-order chi connectivity index (χ0) is 15.4. The van der Waals surface area contributed by atoms with Crippen molar-refractivity contribution in [3.8, 4) is 0 Å². The lowest BCUT2D eigenvalue weighted by atomic mass is 10.0. The summed E-state index contributed by atoms with van der Waals surface area (Å²) in [6, 6.07) is 15.3. The van der Waals surface area contributed by atoms with E-state index < -0.39 is 0 Å². The van der Waals surface area contributed by atoms with E-state index in [4.69, 9.17) is 5.73 Å². The van der Waals surface area contributed by atoms with Crippen molar-refractivity contribution >= 4 is 27.3 Å². The molecule has 0 bridgehead atoms. The van der Waals surface area contributed by atoms with E-state index >= 15 is 0 Å². The molecule has 3 heteroatoms. The van der Waals surface area contributed by atoms with Crippen molar-refractivity contribution in [2.24, 2.45) is 5.73 Å². The van der Waals surface area contributed by atoms with Crippen LogP contribution in [0, 0.1) is 6.92 Å². The Balaban J connectivity index is 2.22. The monoisotopic (exact) mass is 346 g/mol. The molecule has 0 aliphatic heterocycles. The van der Waals surface area contributed by atoms with Crippen molar-refractivity contribution in [1.82, 2.24) is 0 Å². The van der Waals surface area contributed by atoms with Gasteiger partial charge in [0.05, 0.1) is 5.69 Å². The predicted octanol–water partition coefficient (Wildman–Crippen LogP) is 4.81. The van der Waals surface area contributed by atoms with Gasteiger partial charge in [-0.25, -0.2) is 0 Å². The molecule has 112 valence electrons. The molecular weight excluding hydrogens is 324 g/mol. The number of nitrogens with two attached hydrogens (primary N) is 1. The fourth-order valence-electron chi connectivity index (χ4n) is 2.30. The second-order valence-corrected chi connectivity index (χ2v) is 6.41. The molecule has 0 radical (unpaired) electrons. The summed E-state index contributed by atoms with van der Waals surface area (Å²) in [6.07, 6.45) is 1.92. The maximum Gasteiger partial charge on any atom is 0.0552 e. The zero-order valence-electron chi connectivity index (χ0n) is 12.9. The summed E-state index contributed by atoms with van der Waals surface area (Å²) in [6.45, 7) is 4.23. The fraction of sp³-hybridized carbons (Fsp3) is 0.333. The third-order valence-corrected chi connectivity index (χ3v) is 4.45. The lowest BCUT2D eigenvalue weighted by Crippen LogP contribution is -2.21. The van der Waals surface area contributed by atoms with Crippen molar-refractivity contribution in [1.29, 1.82) is 0 Å². The first kappa shape index (κ1) is 16.1. The third-order valence-electron chi connectivity index (χ3n) is 3.82. The highest BCUT2D eigenvalue weighted by Gasteiger charge is 2.10. The molecule has 21 heavy (non-hydrogen) atoms. The molecule has 2 N–H and O–H groups in total. The Morgan fingerprint density at radius 2 is 1.81 bits per heavy atom. The molecule has 0 heterocycles. The molecule has 0 fully saturated rings. The highest BCUT2D eigenvalue weighted by molar-refractivity contribution is 9.10. The van der Waals surface area contributed by atoms with Gasteiger partial charge in [0.25, 0.3) is 0 Å². The van der Waals surface area contributed by atoms with Crippen LogP contribution in [0.2, 0.25) is 0 Å². The van der Waals surface area contributed by atoms with Crippen LogP contribution in [0.15, 0.2) is 46.9 Å². The topological polar surface area (TPSA) is 29.3 Å². The highest BCUT2D eigenvalue weighted by Crippen LogP contribution is 2.32. The van der Waals surface area contributed by atoms with Gasteiger partial charge in [-0.15, -0.1) is 0 Å². The van der Waals surface area contributed by atoms with Crippen LogP contribution in [0.4, 0.5) is 11.4 Å². The van der Waals surface area contributed by atoms with Crippen LogP contribution >= 0.6 is 15.9 Å². The minimum absolute atomic E-state index is 0.234. The maximum atomic E-state index is 6.03. The lowest BCUT2D eigenvalue weighted by molar-refractivity contribution is 0.646. The molecule has 1 atom stereocenters. The van der Waals surface area contributed by atoms with E-state index in [1.165, 1.54) is 16.8 Å². The summed E-state index contributed by atoms with van der Waals surface area (Å²) in [5.41, 5.74) is 10.9. The van der Waals surface area contributed by atoms with Gasteiger partial charge in [0, 0.05) is 23.2 Å². The predicted molar refractivity (Wildman–Crippen MR) is 95.4 cm³/mol. The van der Waals surface area contributed by atoms with Gasteiger partial charge in [0.15, 0.2) is 0 Å². The minimum Gasteiger partial charge on any atom is -0.344 e. The Hall–Kier alpha value is -1.32. The lowest BCUT2D eigenvalue weighted by Gasteiger charge is -2.22. The normalized spacial score (nSPS) is 12.2. The molecular formula is C18H23BrN2. The molecule has 1 unspecified atom stereocenters. The van der Waals surface area contributed by atoms with Crippen LogP contribution in [0.5, 0.6) is 0 Å². The maximum absolute atomic E-state index is 6.03. The number of hydrogen-bond donors (Lipinski definition) is 1. The number of halogens is 1. The molecule has 2 nitrogen and oxygen atoms in total. The first-order valence-corrected chi connectivity index (χ1v) is 8.15. The van der Waals surface area contributed by atoms with Crippen LogP contribution in [0.25, 0.3) is 0 Å². The van der Waals surface area contributed by atoms with Crippen molar-refractivity contribution < 1.29 is 0 Å². The van der Waals surface area contributed by atoms with Gasteiger partial charge in [0.1, 0.15) is 0 Å². The average molecular weight is 347 g/mol. The second-order valence-electron chi connectivity index (χ2n) is 5.55. The van der Waals surface area contributed by atoms with Crippen LogP contribution < -0.4 is 10.6 Å². The SMILES string of the molecule is CCC(N)Cc1ccc(N(C)c2ccc(C)cc2)c(Br)c1. The van der Waals surface area contributed by atoms with Gasteiger partial charge in [-0.1, -0.05) is 30.7 Å². The Labute approximate surface area is 136 Å². The smallest absolute Gasteiger partial charge is 0.0552 e. The van der Waals surface area contributed by atoms with Gasteiger partial charge in [-0.05, 0) is 65.5 Å². The summed E-state index contributed by atoms with van der Waals surface area (Å²) in [5, 5.41) is 0. The van der Waals surface area contributed by atoms with Crippen LogP contribution in [0.1, 0.15) is 24.5 Å². The minimum atomic E-state index is 0.234. The van der Waals surface area contributed by atoms with E-state index in [0.29, 0.717) is 0 Å². The average Bonchev–Trinajstić information content (AvgIpc) is 2.47. The quantitative estimate of drug-likeness (QED) is 0.841. The summed E-state index contributed by atoms with van der Waals surface area (Å²) < 4.78 is 1.10. The van der Waals surface area contributed by atoms with Gasteiger partial charge >= 0.3 is 0 Å². The van der Waals surface area contributed by atoms with Gasteiger partial charge in [-0.3, -0.25) is 0 Å². The summed E-state index contributed by atoms with van der Waals surface area (Å²) in [5.74, 6) is 0. The highest BCUT2D eigenvalue weighted by atomic mass is 79.9. The van der Waals surface area contributed by atoms with Crippen LogP contribution in [-0.4, -0.2) is 13.1 Å². The number of benzene rings is 2. The number of hydrogen-bond acceptors (Lipinski definition) is 2. The Kier molecular flexibility index (Phi) is 5.43. The van der Waals surface area contributed by atoms with Crippen molar-refractivity contribution in [3.63, 3.8) is 0 Å². The molecule has 0 saturated heterocycles. The van der Waals surface area contributed by atoms with E-state index in [1.807, 2.05) is 0 Å². The summed E-state index contributed by atoms with van der Waals surface area (Å²) in [7, 11) is 2.09. The van der Waals surface area contributed by atoms with Crippen LogP contribution in [-0.2, 0) is 6.42 Å². The Morgan fingerprint density at radius 3 is 2.38 bits per heavy atom. The van der Waals surface area contributed by atoms with Crippen molar-refractivity contribution in [2.75, 3.05) is 11.9 Å². The largest absolute Gasteiger partial charge is 0.344 e. The number of aryl methyl sites for hydroxylation is 1. The Morgan fingerprint density at radius 1 is 1.14 bits per heavy atom. The Bertz CT molecular complexity index is 593. The van der Waals surface area contributed by atoms with Gasteiger partial charge < -0.3 is 10.6 Å². The zero-order valence-corrected chi connectivity index (χ0v) is 14.5. The van der Waals surface area contributed by atoms with Crippen LogP contribution in [0.3, 0.4) is 0 Å². The molecule has 2 aromatic carbocycles. The first-order chi connectivity index (χ1) is 10.0. The summed E-state index contributed by atoms with van der Waals surface area (Å²) >= 11 is 3.69. The molecule has 0 spiro atoms. The summed E-state index contributed by atoms with van der Waals surface area (Å²) in [4.78, 5) is 2.19. The molecule has 0 saturated carbocycles. The van der Waals surface area contributed by atoms with Crippen molar-refractivity contribution in [2.45, 2.75) is 32.7 Å². The van der Waals surface area contributed by atoms with E-state index in [0.717, 1.165) is 23.0 Å². The van der Waals surface area contributed by atoms with E-state index in [2.05, 4.69) is 84.2 Å². The van der Waals surface area contributed by atoms with Crippen molar-refractivity contribution in [3.05, 3.63) is 58.1 Å². The first-order valence-electron chi connectivity index (χ1n) is 7.35. The van der Waals surface area contributed by atoms with Gasteiger partial charge in [-0.2, -0.15) is 0 Å². The molecule has 0 aliphatic carbocycles. The standard InChI is InChI=1S/C18H23BrN2/c1-4-15(20)11-14-7-10-18(17(19)12-14)21(3)16-8-5-13(2)6-9-16/h5-10,12,15H,4,11,20H2,1-3H3.